The molecule has 10 heteroatoms. The van der Waals surface area contributed by atoms with Crippen molar-refractivity contribution in [1.82, 2.24) is 5.32 Å². The third-order valence-electron chi connectivity index (χ3n) is 4.64. The van der Waals surface area contributed by atoms with E-state index in [1.54, 1.807) is 42.5 Å². The molecule has 0 aliphatic heterocycles. The van der Waals surface area contributed by atoms with Crippen molar-refractivity contribution in [2.75, 3.05) is 18.0 Å². The summed E-state index contributed by atoms with van der Waals surface area (Å²) in [7, 11) is -2.58. The number of amides is 1. The van der Waals surface area contributed by atoms with Gasteiger partial charge in [0.25, 0.3) is 15.7 Å². The van der Waals surface area contributed by atoms with Crippen LogP contribution in [0.3, 0.4) is 0 Å². The molecule has 0 atom stereocenters. The molecule has 166 valence electrons. The number of methoxy groups -OCH3 is 1. The maximum atomic E-state index is 13.3. The third kappa shape index (κ3) is 5.22. The van der Waals surface area contributed by atoms with E-state index in [1.165, 1.54) is 43.5 Å². The monoisotopic (exact) mass is 455 g/mol. The van der Waals surface area contributed by atoms with Crippen LogP contribution >= 0.6 is 0 Å². The minimum atomic E-state index is -4.10. The Morgan fingerprint density at radius 3 is 2.25 bits per heavy atom. The minimum Gasteiger partial charge on any atom is -0.496 e. The summed E-state index contributed by atoms with van der Waals surface area (Å²) in [6.07, 6.45) is 0. The molecule has 3 rings (SSSR count). The van der Waals surface area contributed by atoms with Gasteiger partial charge in [-0.05, 0) is 30.3 Å². The summed E-state index contributed by atoms with van der Waals surface area (Å²) in [6, 6.07) is 19.8. The van der Waals surface area contributed by atoms with Gasteiger partial charge in [-0.25, -0.2) is 8.42 Å². The maximum absolute atomic E-state index is 13.3. The third-order valence-corrected chi connectivity index (χ3v) is 6.42. The number of sulfonamides is 1. The van der Waals surface area contributed by atoms with Crippen LogP contribution in [0.1, 0.15) is 5.56 Å². The molecule has 0 bridgehead atoms. The van der Waals surface area contributed by atoms with Gasteiger partial charge in [-0.2, -0.15) is 0 Å². The molecule has 0 aliphatic rings. The lowest BCUT2D eigenvalue weighted by Gasteiger charge is -2.24. The van der Waals surface area contributed by atoms with Crippen LogP contribution in [0.5, 0.6) is 5.75 Å². The van der Waals surface area contributed by atoms with Gasteiger partial charge < -0.3 is 10.1 Å². The van der Waals surface area contributed by atoms with E-state index in [1.807, 2.05) is 0 Å². The number of nitrogens with one attached hydrogen (secondary N) is 1. The molecule has 0 aliphatic carbocycles. The minimum absolute atomic E-state index is 0.00381. The van der Waals surface area contributed by atoms with Crippen LogP contribution in [0.4, 0.5) is 11.4 Å². The molecule has 0 heterocycles. The fourth-order valence-electron chi connectivity index (χ4n) is 3.00. The van der Waals surface area contributed by atoms with Gasteiger partial charge in [0.1, 0.15) is 12.3 Å². The fraction of sp³-hybridized carbons (Fsp3) is 0.136. The van der Waals surface area contributed by atoms with Gasteiger partial charge in [-0.15, -0.1) is 0 Å². The summed E-state index contributed by atoms with van der Waals surface area (Å²) in [4.78, 5) is 23.0. The van der Waals surface area contributed by atoms with Crippen LogP contribution in [0.2, 0.25) is 0 Å². The normalized spacial score (nSPS) is 10.9. The van der Waals surface area contributed by atoms with Crippen LogP contribution in [0.25, 0.3) is 0 Å². The number of carbonyl (C=O) groups excluding carboxylic acids is 1. The van der Waals surface area contributed by atoms with Crippen LogP contribution in [-0.2, 0) is 21.4 Å². The van der Waals surface area contributed by atoms with Crippen molar-refractivity contribution >= 4 is 27.3 Å². The standard InChI is InChI=1S/C22H21N3O6S/c1-31-21-10-6-5-7-17(21)15-23-22(26)16-24(18-11-13-19(14-12-18)25(27)28)32(29,30)20-8-3-2-4-9-20/h2-14H,15-16H2,1H3,(H,23,26). The summed E-state index contributed by atoms with van der Waals surface area (Å²) >= 11 is 0. The van der Waals surface area contributed by atoms with E-state index in [-0.39, 0.29) is 22.8 Å². The van der Waals surface area contributed by atoms with E-state index in [0.29, 0.717) is 5.75 Å². The van der Waals surface area contributed by atoms with Crippen LogP contribution in [0.15, 0.2) is 83.8 Å². The molecule has 0 saturated carbocycles. The Morgan fingerprint density at radius 2 is 1.62 bits per heavy atom. The zero-order chi connectivity index (χ0) is 23.1. The van der Waals surface area contributed by atoms with Gasteiger partial charge >= 0.3 is 0 Å². The van der Waals surface area contributed by atoms with Crippen molar-refractivity contribution < 1.29 is 22.9 Å². The molecule has 32 heavy (non-hydrogen) atoms. The number of nitro benzene ring substituents is 1. The van der Waals surface area contributed by atoms with Gasteiger partial charge in [0.05, 0.1) is 22.6 Å². The van der Waals surface area contributed by atoms with Crippen molar-refractivity contribution in [3.05, 3.63) is 94.5 Å². The first-order valence-corrected chi connectivity index (χ1v) is 11.0. The first-order chi connectivity index (χ1) is 15.3. The topological polar surface area (TPSA) is 119 Å². The summed E-state index contributed by atoms with van der Waals surface area (Å²) in [5.41, 5.74) is 0.675. The molecular formula is C22H21N3O6S. The van der Waals surface area contributed by atoms with Gasteiger partial charge in [0.15, 0.2) is 0 Å². The second kappa shape index (κ2) is 9.92. The summed E-state index contributed by atoms with van der Waals surface area (Å²) in [6.45, 7) is -0.369. The molecule has 0 aromatic heterocycles. The van der Waals surface area contributed by atoms with E-state index in [0.717, 1.165) is 9.87 Å². The van der Waals surface area contributed by atoms with Gasteiger partial charge in [0.2, 0.25) is 5.91 Å². The highest BCUT2D eigenvalue weighted by molar-refractivity contribution is 7.92. The lowest BCUT2D eigenvalue weighted by atomic mass is 10.2. The highest BCUT2D eigenvalue weighted by Crippen LogP contribution is 2.25. The summed E-state index contributed by atoms with van der Waals surface area (Å²) in [5.74, 6) is 0.0469. The van der Waals surface area contributed by atoms with E-state index >= 15 is 0 Å². The number of anilines is 1. The molecule has 3 aromatic carbocycles. The molecule has 3 aromatic rings. The first kappa shape index (κ1) is 22.8. The Labute approximate surface area is 185 Å². The number of rotatable bonds is 9. The van der Waals surface area contributed by atoms with Crippen LogP contribution in [0, 0.1) is 10.1 Å². The molecule has 0 unspecified atom stereocenters. The van der Waals surface area contributed by atoms with Gasteiger partial charge in [-0.1, -0.05) is 36.4 Å². The van der Waals surface area contributed by atoms with Crippen molar-refractivity contribution in [1.29, 1.82) is 0 Å². The molecule has 0 fully saturated rings. The van der Waals surface area contributed by atoms with E-state index in [2.05, 4.69) is 5.32 Å². The highest BCUT2D eigenvalue weighted by atomic mass is 32.2. The number of nitro groups is 1. The quantitative estimate of drug-likeness (QED) is 0.391. The zero-order valence-electron chi connectivity index (χ0n) is 17.2. The van der Waals surface area contributed by atoms with Crippen molar-refractivity contribution in [2.24, 2.45) is 0 Å². The largest absolute Gasteiger partial charge is 0.496 e. The van der Waals surface area contributed by atoms with Crippen LogP contribution in [-0.4, -0.2) is 32.9 Å². The first-order valence-electron chi connectivity index (χ1n) is 9.54. The predicted molar refractivity (Wildman–Crippen MR) is 119 cm³/mol. The number of nitrogens with zero attached hydrogens (tertiary/aromatic N) is 2. The Morgan fingerprint density at radius 1 is 1.00 bits per heavy atom. The van der Waals surface area contributed by atoms with Crippen molar-refractivity contribution in [3.63, 3.8) is 0 Å². The number of benzene rings is 3. The Kier molecular flexibility index (Phi) is 7.06. The predicted octanol–water partition coefficient (Wildman–Crippen LogP) is 3.12. The summed E-state index contributed by atoms with van der Waals surface area (Å²) in [5, 5.41) is 13.6. The second-order valence-corrected chi connectivity index (χ2v) is 8.55. The molecule has 1 amide bonds. The summed E-state index contributed by atoms with van der Waals surface area (Å²) < 4.78 is 32.7. The smallest absolute Gasteiger partial charge is 0.269 e. The lowest BCUT2D eigenvalue weighted by molar-refractivity contribution is -0.384. The molecule has 0 saturated heterocycles. The number of carbonyl (C=O) groups is 1. The number of ether oxygens (including phenoxy) is 1. The Bertz CT molecular complexity index is 1200. The molecule has 1 N–H and O–H groups in total. The average molecular weight is 455 g/mol. The highest BCUT2D eigenvalue weighted by Gasteiger charge is 2.27. The fourth-order valence-corrected chi connectivity index (χ4v) is 4.45. The maximum Gasteiger partial charge on any atom is 0.269 e. The zero-order valence-corrected chi connectivity index (χ0v) is 18.0. The van der Waals surface area contributed by atoms with E-state index in [4.69, 9.17) is 4.74 Å². The average Bonchev–Trinajstić information content (AvgIpc) is 2.82. The Hall–Kier alpha value is -3.92. The molecule has 9 nitrogen and oxygen atoms in total. The molecule has 0 spiro atoms. The number of para-hydroxylation sites is 1. The van der Waals surface area contributed by atoms with Crippen molar-refractivity contribution in [3.8, 4) is 5.75 Å². The van der Waals surface area contributed by atoms with Crippen molar-refractivity contribution in [2.45, 2.75) is 11.4 Å². The molecular weight excluding hydrogens is 434 g/mol. The number of non-ortho nitro benzene ring substituents is 1. The SMILES string of the molecule is COc1ccccc1CNC(=O)CN(c1ccc([N+](=O)[O-])cc1)S(=O)(=O)c1ccccc1. The number of hydrogen-bond donors (Lipinski definition) is 1. The molecule has 0 radical (unpaired) electrons. The number of hydrogen-bond acceptors (Lipinski definition) is 6. The van der Waals surface area contributed by atoms with Gasteiger partial charge in [-0.3, -0.25) is 19.2 Å². The van der Waals surface area contributed by atoms with Gasteiger partial charge in [0, 0.05) is 24.2 Å². The Balaban J connectivity index is 1.87. The van der Waals surface area contributed by atoms with E-state index < -0.39 is 27.4 Å². The van der Waals surface area contributed by atoms with E-state index in [9.17, 15) is 23.3 Å². The second-order valence-electron chi connectivity index (χ2n) is 6.69. The lowest BCUT2D eigenvalue weighted by Crippen LogP contribution is -2.40. The van der Waals surface area contributed by atoms with Crippen LogP contribution < -0.4 is 14.4 Å².